The van der Waals surface area contributed by atoms with Crippen molar-refractivity contribution >= 4 is 5.91 Å². The van der Waals surface area contributed by atoms with Gasteiger partial charge in [-0.2, -0.15) is 0 Å². The number of fused-ring (bicyclic) bond motifs is 1. The molecule has 164 valence electrons. The Hall–Kier alpha value is -2.33. The van der Waals surface area contributed by atoms with E-state index in [4.69, 9.17) is 4.74 Å². The summed E-state index contributed by atoms with van der Waals surface area (Å²) in [6, 6.07) is 20.2. The number of rotatable bonds is 5. The van der Waals surface area contributed by atoms with Crippen LogP contribution in [0, 0.1) is 5.41 Å². The van der Waals surface area contributed by atoms with Gasteiger partial charge < -0.3 is 9.64 Å². The number of hydrogen-bond acceptors (Lipinski definition) is 3. The number of hydrogen-bond donors (Lipinski definition) is 0. The molecule has 1 amide bonds. The molecule has 3 aliphatic rings. The van der Waals surface area contributed by atoms with Gasteiger partial charge in [0.1, 0.15) is 5.75 Å². The fourth-order valence-electron chi connectivity index (χ4n) is 6.99. The highest BCUT2D eigenvalue weighted by molar-refractivity contribution is 5.81. The molecule has 2 aromatic carbocycles. The molecule has 0 spiro atoms. The molecule has 3 fully saturated rings. The summed E-state index contributed by atoms with van der Waals surface area (Å²) >= 11 is 0. The molecule has 2 saturated heterocycles. The molecule has 0 unspecified atom stereocenters. The average Bonchev–Trinajstić information content (AvgIpc) is 3.05. The number of amides is 1. The van der Waals surface area contributed by atoms with Gasteiger partial charge in [0.05, 0.1) is 19.6 Å². The maximum atomic E-state index is 14.0. The van der Waals surface area contributed by atoms with Gasteiger partial charge in [-0.3, -0.25) is 9.69 Å². The van der Waals surface area contributed by atoms with Gasteiger partial charge in [-0.1, -0.05) is 55.5 Å². The van der Waals surface area contributed by atoms with E-state index in [2.05, 4.69) is 54.1 Å². The number of carbonyl (C=O) groups excluding carboxylic acids is 1. The van der Waals surface area contributed by atoms with Crippen LogP contribution >= 0.6 is 0 Å². The van der Waals surface area contributed by atoms with E-state index in [1.165, 1.54) is 24.8 Å². The zero-order chi connectivity index (χ0) is 21.6. The zero-order valence-corrected chi connectivity index (χ0v) is 19.0. The minimum absolute atomic E-state index is 0.196. The lowest BCUT2D eigenvalue weighted by Gasteiger charge is -2.53. The molecule has 31 heavy (non-hydrogen) atoms. The summed E-state index contributed by atoms with van der Waals surface area (Å²) in [4.78, 5) is 18.9. The van der Waals surface area contributed by atoms with E-state index in [9.17, 15) is 4.79 Å². The third-order valence-corrected chi connectivity index (χ3v) is 8.39. The number of piperidine rings is 1. The van der Waals surface area contributed by atoms with Crippen molar-refractivity contribution in [2.24, 2.45) is 5.41 Å². The molecule has 0 N–H and O–H groups in total. The monoisotopic (exact) mass is 418 g/mol. The molecule has 0 aromatic heterocycles. The predicted octanol–water partition coefficient (Wildman–Crippen LogP) is 4.32. The maximum Gasteiger partial charge on any atom is 0.227 e. The third-order valence-electron chi connectivity index (χ3n) is 8.39. The van der Waals surface area contributed by atoms with Crippen molar-refractivity contribution in [3.63, 3.8) is 0 Å². The van der Waals surface area contributed by atoms with Crippen LogP contribution in [0.2, 0.25) is 0 Å². The second-order valence-electron chi connectivity index (χ2n) is 9.95. The highest BCUT2D eigenvalue weighted by Gasteiger charge is 2.62. The molecule has 2 aromatic rings. The van der Waals surface area contributed by atoms with Crippen LogP contribution in [0.5, 0.6) is 5.75 Å². The summed E-state index contributed by atoms with van der Waals surface area (Å²) < 4.78 is 5.55. The molecule has 4 heteroatoms. The second kappa shape index (κ2) is 7.98. The second-order valence-corrected chi connectivity index (χ2v) is 9.95. The Kier molecular flexibility index (Phi) is 5.29. The van der Waals surface area contributed by atoms with Gasteiger partial charge in [0.2, 0.25) is 5.91 Å². The molecule has 1 aliphatic carbocycles. The van der Waals surface area contributed by atoms with Gasteiger partial charge in [0.15, 0.2) is 0 Å². The fraction of sp³-hybridized carbons (Fsp3) is 0.519. The zero-order valence-electron chi connectivity index (χ0n) is 19.0. The third kappa shape index (κ3) is 3.36. The van der Waals surface area contributed by atoms with E-state index in [0.29, 0.717) is 24.5 Å². The first kappa shape index (κ1) is 20.6. The number of ether oxygens (including phenoxy) is 1. The topological polar surface area (TPSA) is 32.8 Å². The van der Waals surface area contributed by atoms with E-state index in [-0.39, 0.29) is 17.4 Å². The van der Waals surface area contributed by atoms with Crippen molar-refractivity contribution in [1.82, 2.24) is 9.80 Å². The molecular formula is C27H34N2O2. The van der Waals surface area contributed by atoms with Crippen molar-refractivity contribution in [3.8, 4) is 5.75 Å². The van der Waals surface area contributed by atoms with Crippen LogP contribution in [0.1, 0.15) is 43.7 Å². The Labute approximate surface area is 186 Å². The van der Waals surface area contributed by atoms with Gasteiger partial charge >= 0.3 is 0 Å². The molecule has 0 radical (unpaired) electrons. The summed E-state index contributed by atoms with van der Waals surface area (Å²) in [5.41, 5.74) is 2.50. The average molecular weight is 419 g/mol. The van der Waals surface area contributed by atoms with Gasteiger partial charge in [-0.05, 0) is 50.8 Å². The minimum atomic E-state index is 0.196. The SMILES string of the molecule is COc1ccccc1CC(=O)N1[C@H](Cc2ccccc2)[C@@H]2C[C@@]3(C)[C@H](CCC[C@@H]13)N2C. The number of likely N-dealkylation sites (N-methyl/N-ethyl adjacent to an activating group) is 1. The molecular weight excluding hydrogens is 384 g/mol. The van der Waals surface area contributed by atoms with Crippen LogP contribution in [0.3, 0.4) is 0 Å². The Morgan fingerprint density at radius 2 is 1.77 bits per heavy atom. The molecule has 2 heterocycles. The van der Waals surface area contributed by atoms with E-state index in [1.807, 2.05) is 24.3 Å². The number of methoxy groups -OCH3 is 1. The molecule has 4 nitrogen and oxygen atoms in total. The van der Waals surface area contributed by atoms with Crippen molar-refractivity contribution in [2.75, 3.05) is 14.2 Å². The molecule has 2 aliphatic heterocycles. The van der Waals surface area contributed by atoms with Gasteiger partial charge in [-0.15, -0.1) is 0 Å². The van der Waals surface area contributed by atoms with Gasteiger partial charge in [-0.25, -0.2) is 0 Å². The summed E-state index contributed by atoms with van der Waals surface area (Å²) in [5.74, 6) is 1.06. The van der Waals surface area contributed by atoms with Crippen LogP contribution in [0.15, 0.2) is 54.6 Å². The summed E-state index contributed by atoms with van der Waals surface area (Å²) in [6.45, 7) is 2.44. The summed E-state index contributed by atoms with van der Waals surface area (Å²) in [5, 5.41) is 0. The van der Waals surface area contributed by atoms with Crippen LogP contribution in [0.25, 0.3) is 0 Å². The number of nitrogens with zero attached hydrogens (tertiary/aromatic N) is 2. The first-order valence-electron chi connectivity index (χ1n) is 11.7. The van der Waals surface area contributed by atoms with Crippen LogP contribution in [-0.4, -0.2) is 54.0 Å². The quantitative estimate of drug-likeness (QED) is 0.725. The van der Waals surface area contributed by atoms with Gasteiger partial charge in [0.25, 0.3) is 0 Å². The number of carbonyl (C=O) groups is 1. The summed E-state index contributed by atoms with van der Waals surface area (Å²) in [6.07, 6.45) is 6.12. The van der Waals surface area contributed by atoms with E-state index >= 15 is 0 Å². The first-order chi connectivity index (χ1) is 15.0. The fourth-order valence-corrected chi connectivity index (χ4v) is 6.99. The summed E-state index contributed by atoms with van der Waals surface area (Å²) in [7, 11) is 3.99. The Balaban J connectivity index is 1.52. The number of likely N-dealkylation sites (tertiary alicyclic amines) is 2. The smallest absolute Gasteiger partial charge is 0.227 e. The van der Waals surface area contributed by atoms with Crippen LogP contribution < -0.4 is 4.74 Å². The minimum Gasteiger partial charge on any atom is -0.496 e. The Morgan fingerprint density at radius 3 is 2.55 bits per heavy atom. The van der Waals surface area contributed by atoms with Crippen molar-refractivity contribution in [2.45, 2.75) is 69.6 Å². The van der Waals surface area contributed by atoms with Crippen LogP contribution in [0.4, 0.5) is 0 Å². The highest BCUT2D eigenvalue weighted by Crippen LogP contribution is 2.56. The Morgan fingerprint density at radius 1 is 1.06 bits per heavy atom. The lowest BCUT2D eigenvalue weighted by Crippen LogP contribution is -2.62. The molecule has 1 saturated carbocycles. The Bertz CT molecular complexity index is 945. The predicted molar refractivity (Wildman–Crippen MR) is 123 cm³/mol. The van der Waals surface area contributed by atoms with Gasteiger partial charge in [0, 0.05) is 29.1 Å². The molecule has 5 rings (SSSR count). The highest BCUT2D eigenvalue weighted by atomic mass is 16.5. The van der Waals surface area contributed by atoms with E-state index in [1.54, 1.807) is 7.11 Å². The van der Waals surface area contributed by atoms with Crippen LogP contribution in [-0.2, 0) is 17.6 Å². The lowest BCUT2D eigenvalue weighted by atomic mass is 9.64. The number of para-hydroxylation sites is 1. The standard InChI is InChI=1S/C27H34N2O2/c1-27-18-22-21(16-19-10-5-4-6-11-19)29(25(27)15-9-14-24(27)28(22)2)26(30)17-20-12-7-8-13-23(20)31-3/h4-8,10-13,21-22,24-25H,9,14-18H2,1-3H3/t21-,22+,24+,25-,27+/m1/s1. The first-order valence-corrected chi connectivity index (χ1v) is 11.7. The van der Waals surface area contributed by atoms with Crippen molar-refractivity contribution in [3.05, 3.63) is 65.7 Å². The van der Waals surface area contributed by atoms with E-state index in [0.717, 1.165) is 24.2 Å². The maximum absolute atomic E-state index is 14.0. The normalized spacial score (nSPS) is 32.2. The van der Waals surface area contributed by atoms with Crippen molar-refractivity contribution < 1.29 is 9.53 Å². The molecule has 5 atom stereocenters. The van der Waals surface area contributed by atoms with E-state index < -0.39 is 0 Å². The number of benzene rings is 2. The largest absolute Gasteiger partial charge is 0.496 e. The van der Waals surface area contributed by atoms with Crippen molar-refractivity contribution in [1.29, 1.82) is 0 Å². The molecule has 2 bridgehead atoms. The lowest BCUT2D eigenvalue weighted by molar-refractivity contribution is -0.144.